The maximum Gasteiger partial charge on any atom is 0.298 e. The summed E-state index contributed by atoms with van der Waals surface area (Å²) in [6, 6.07) is 12.1. The lowest BCUT2D eigenvalue weighted by molar-refractivity contribution is 0.785. The number of rotatable bonds is 2. The molecule has 0 N–H and O–H groups in total. The predicted octanol–water partition coefficient (Wildman–Crippen LogP) is 4.11. The number of aryl methyl sites for hydroxylation is 5. The second kappa shape index (κ2) is 6.20. The molecule has 0 aliphatic heterocycles. The molecule has 4 aromatic rings. The van der Waals surface area contributed by atoms with Gasteiger partial charge >= 0.3 is 0 Å². The minimum absolute atomic E-state index is 0.167. The molecule has 0 unspecified atom stereocenters. The molecule has 0 aliphatic rings. The van der Waals surface area contributed by atoms with Crippen molar-refractivity contribution in [3.63, 3.8) is 0 Å². The van der Waals surface area contributed by atoms with E-state index in [-0.39, 0.29) is 5.56 Å². The number of fused-ring (bicyclic) bond motifs is 1. The Morgan fingerprint density at radius 2 is 1.33 bits per heavy atom. The highest BCUT2D eigenvalue weighted by Crippen LogP contribution is 2.22. The molecule has 0 saturated carbocycles. The van der Waals surface area contributed by atoms with E-state index in [1.54, 1.807) is 10.9 Å². The summed E-state index contributed by atoms with van der Waals surface area (Å²) in [5, 5.41) is 9.85. The Balaban J connectivity index is 2.05. The molecule has 27 heavy (non-hydrogen) atoms. The third kappa shape index (κ3) is 2.76. The summed E-state index contributed by atoms with van der Waals surface area (Å²) >= 11 is 0. The van der Waals surface area contributed by atoms with Crippen molar-refractivity contribution in [2.24, 2.45) is 0 Å². The molecule has 2 heterocycles. The average Bonchev–Trinajstić information content (AvgIpc) is 3.04. The fraction of sp³-hybridized carbons (Fsp3) is 0.227. The Bertz CT molecular complexity index is 1250. The van der Waals surface area contributed by atoms with Crippen molar-refractivity contribution in [1.82, 2.24) is 19.6 Å². The topological polar surface area (TPSA) is 52.7 Å². The molecular formula is C22H22N4O. The lowest BCUT2D eigenvalue weighted by atomic mass is 10.1. The van der Waals surface area contributed by atoms with Crippen molar-refractivity contribution in [3.05, 3.63) is 80.9 Å². The van der Waals surface area contributed by atoms with Crippen LogP contribution in [-0.2, 0) is 0 Å². The molecule has 0 amide bonds. The van der Waals surface area contributed by atoms with Crippen LogP contribution in [0.1, 0.15) is 27.9 Å². The van der Waals surface area contributed by atoms with E-state index < -0.39 is 0 Å². The first kappa shape index (κ1) is 17.2. The summed E-state index contributed by atoms with van der Waals surface area (Å²) in [7, 11) is 0. The van der Waals surface area contributed by atoms with Crippen LogP contribution in [0.3, 0.4) is 0 Å². The molecule has 0 spiro atoms. The smallest absolute Gasteiger partial charge is 0.265 e. The summed E-state index contributed by atoms with van der Waals surface area (Å²) in [6.45, 7) is 10.0. The standard InChI is InChI=1S/C22H22N4O/c1-13-6-8-19(15(3)10-13)25-21-18(12-23-25)17(5)24-26(22(21)27)20-9-7-14(2)11-16(20)4/h6-12H,1-5H3. The molecular weight excluding hydrogens is 336 g/mol. The van der Waals surface area contributed by atoms with Gasteiger partial charge in [-0.25, -0.2) is 4.68 Å². The Morgan fingerprint density at radius 3 is 1.89 bits per heavy atom. The Morgan fingerprint density at radius 1 is 0.778 bits per heavy atom. The number of hydrogen-bond acceptors (Lipinski definition) is 3. The second-order valence-electron chi connectivity index (χ2n) is 7.20. The van der Waals surface area contributed by atoms with Crippen molar-refractivity contribution in [2.45, 2.75) is 34.6 Å². The first-order chi connectivity index (χ1) is 12.9. The van der Waals surface area contributed by atoms with Crippen LogP contribution in [0.15, 0.2) is 47.4 Å². The molecule has 0 bridgehead atoms. The van der Waals surface area contributed by atoms with Gasteiger partial charge in [0.2, 0.25) is 0 Å². The molecule has 5 heteroatoms. The highest BCUT2D eigenvalue weighted by molar-refractivity contribution is 5.82. The largest absolute Gasteiger partial charge is 0.298 e. The van der Waals surface area contributed by atoms with E-state index in [4.69, 9.17) is 0 Å². The van der Waals surface area contributed by atoms with E-state index in [0.717, 1.165) is 39.1 Å². The van der Waals surface area contributed by atoms with Gasteiger partial charge in [-0.2, -0.15) is 14.9 Å². The second-order valence-corrected chi connectivity index (χ2v) is 7.20. The molecule has 2 aromatic carbocycles. The quantitative estimate of drug-likeness (QED) is 0.542. The molecule has 0 saturated heterocycles. The molecule has 2 aromatic heterocycles. The molecule has 0 aliphatic carbocycles. The summed E-state index contributed by atoms with van der Waals surface area (Å²) in [6.07, 6.45) is 1.73. The highest BCUT2D eigenvalue weighted by atomic mass is 16.1. The molecule has 0 radical (unpaired) electrons. The van der Waals surface area contributed by atoms with Gasteiger partial charge in [-0.05, 0) is 57.9 Å². The fourth-order valence-corrected chi connectivity index (χ4v) is 3.60. The average molecular weight is 358 g/mol. The number of benzene rings is 2. The van der Waals surface area contributed by atoms with Gasteiger partial charge in [0.25, 0.3) is 5.56 Å². The molecule has 4 rings (SSSR count). The molecule has 5 nitrogen and oxygen atoms in total. The van der Waals surface area contributed by atoms with E-state index in [1.807, 2.05) is 52.0 Å². The predicted molar refractivity (Wildman–Crippen MR) is 108 cm³/mol. The van der Waals surface area contributed by atoms with Crippen molar-refractivity contribution in [1.29, 1.82) is 0 Å². The minimum Gasteiger partial charge on any atom is -0.265 e. The van der Waals surface area contributed by atoms with Crippen LogP contribution in [0.2, 0.25) is 0 Å². The summed E-state index contributed by atoms with van der Waals surface area (Å²) in [5.74, 6) is 0. The molecule has 0 atom stereocenters. The number of aromatic nitrogens is 4. The Labute approximate surface area is 157 Å². The summed E-state index contributed by atoms with van der Waals surface area (Å²) < 4.78 is 3.23. The number of nitrogens with zero attached hydrogens (tertiary/aromatic N) is 4. The normalized spacial score (nSPS) is 11.3. The maximum atomic E-state index is 13.4. The third-order valence-electron chi connectivity index (χ3n) is 4.96. The third-order valence-corrected chi connectivity index (χ3v) is 4.96. The van der Waals surface area contributed by atoms with Gasteiger partial charge in [0.15, 0.2) is 0 Å². The molecule has 0 fully saturated rings. The van der Waals surface area contributed by atoms with Crippen LogP contribution in [0.5, 0.6) is 0 Å². The summed E-state index contributed by atoms with van der Waals surface area (Å²) in [4.78, 5) is 13.4. The van der Waals surface area contributed by atoms with Crippen molar-refractivity contribution >= 4 is 10.9 Å². The van der Waals surface area contributed by atoms with E-state index in [9.17, 15) is 4.79 Å². The van der Waals surface area contributed by atoms with Gasteiger partial charge in [-0.15, -0.1) is 0 Å². The zero-order valence-corrected chi connectivity index (χ0v) is 16.2. The van der Waals surface area contributed by atoms with Gasteiger partial charge in [0.05, 0.1) is 23.3 Å². The Hall–Kier alpha value is -3.21. The number of hydrogen-bond donors (Lipinski definition) is 0. The minimum atomic E-state index is -0.167. The van der Waals surface area contributed by atoms with E-state index in [2.05, 4.69) is 29.3 Å². The first-order valence-corrected chi connectivity index (χ1v) is 9.00. The molecule has 136 valence electrons. The van der Waals surface area contributed by atoms with E-state index in [1.165, 1.54) is 10.2 Å². The van der Waals surface area contributed by atoms with Gasteiger partial charge in [0, 0.05) is 5.39 Å². The van der Waals surface area contributed by atoms with Crippen molar-refractivity contribution < 1.29 is 0 Å². The highest BCUT2D eigenvalue weighted by Gasteiger charge is 2.17. The van der Waals surface area contributed by atoms with Gasteiger partial charge < -0.3 is 0 Å². The SMILES string of the molecule is Cc1ccc(-n2nc(C)c3cnn(-c4ccc(C)cc4C)c3c2=O)c(C)c1. The van der Waals surface area contributed by atoms with Crippen LogP contribution >= 0.6 is 0 Å². The monoisotopic (exact) mass is 358 g/mol. The lowest BCUT2D eigenvalue weighted by Gasteiger charge is -2.12. The van der Waals surface area contributed by atoms with E-state index >= 15 is 0 Å². The van der Waals surface area contributed by atoms with Crippen LogP contribution in [-0.4, -0.2) is 19.6 Å². The van der Waals surface area contributed by atoms with Crippen LogP contribution in [0.4, 0.5) is 0 Å². The van der Waals surface area contributed by atoms with Crippen molar-refractivity contribution in [2.75, 3.05) is 0 Å². The lowest BCUT2D eigenvalue weighted by Crippen LogP contribution is -2.24. The van der Waals surface area contributed by atoms with Crippen LogP contribution < -0.4 is 5.56 Å². The summed E-state index contributed by atoms with van der Waals surface area (Å²) in [5.41, 5.74) is 7.29. The van der Waals surface area contributed by atoms with Crippen molar-refractivity contribution in [3.8, 4) is 11.4 Å². The van der Waals surface area contributed by atoms with Crippen LogP contribution in [0, 0.1) is 34.6 Å². The first-order valence-electron chi connectivity index (χ1n) is 9.00. The van der Waals surface area contributed by atoms with Gasteiger partial charge in [0.1, 0.15) is 5.52 Å². The Kier molecular flexibility index (Phi) is 3.95. The maximum absolute atomic E-state index is 13.4. The zero-order valence-electron chi connectivity index (χ0n) is 16.2. The zero-order chi connectivity index (χ0) is 19.3. The van der Waals surface area contributed by atoms with Crippen LogP contribution in [0.25, 0.3) is 22.3 Å². The fourth-order valence-electron chi connectivity index (χ4n) is 3.60. The van der Waals surface area contributed by atoms with Gasteiger partial charge in [-0.3, -0.25) is 4.79 Å². The van der Waals surface area contributed by atoms with E-state index in [0.29, 0.717) is 5.52 Å². The van der Waals surface area contributed by atoms with Gasteiger partial charge in [-0.1, -0.05) is 35.4 Å².